The number of benzene rings is 1. The van der Waals surface area contributed by atoms with Crippen LogP contribution in [0.1, 0.15) is 0 Å². The van der Waals surface area contributed by atoms with E-state index in [-0.39, 0.29) is 0 Å². The second-order valence-corrected chi connectivity index (χ2v) is 4.65. The van der Waals surface area contributed by atoms with Crippen molar-refractivity contribution in [3.8, 4) is 17.1 Å². The van der Waals surface area contributed by atoms with Gasteiger partial charge in [0.1, 0.15) is 11.5 Å². The number of nitrogens with two attached hydrogens (primary N) is 1. The van der Waals surface area contributed by atoms with Gasteiger partial charge in [-0.2, -0.15) is 5.10 Å². The SMILES string of the molecule is Nc1cn(-c2ccc(Cl)cc2)nc1-c1ccc(F)cn1. The third-order valence-corrected chi connectivity index (χ3v) is 3.06. The highest BCUT2D eigenvalue weighted by molar-refractivity contribution is 6.30. The van der Waals surface area contributed by atoms with E-state index in [1.54, 1.807) is 29.1 Å². The first kappa shape index (κ1) is 12.6. The summed E-state index contributed by atoms with van der Waals surface area (Å²) in [5, 5.41) is 5.02. The maximum atomic E-state index is 12.9. The Kier molecular flexibility index (Phi) is 3.12. The molecule has 3 rings (SSSR count). The van der Waals surface area contributed by atoms with Gasteiger partial charge in [-0.15, -0.1) is 0 Å². The van der Waals surface area contributed by atoms with E-state index in [0.717, 1.165) is 11.9 Å². The summed E-state index contributed by atoms with van der Waals surface area (Å²) < 4.78 is 14.5. The third-order valence-electron chi connectivity index (χ3n) is 2.80. The van der Waals surface area contributed by atoms with Crippen molar-refractivity contribution < 1.29 is 4.39 Å². The molecular weight excluding hydrogens is 279 g/mol. The molecule has 0 aliphatic heterocycles. The lowest BCUT2D eigenvalue weighted by atomic mass is 10.2. The normalized spacial score (nSPS) is 10.7. The summed E-state index contributed by atoms with van der Waals surface area (Å²) in [4.78, 5) is 3.98. The Hall–Kier alpha value is -2.40. The minimum absolute atomic E-state index is 0.399. The number of nitrogen functional groups attached to an aromatic ring is 1. The molecule has 0 aliphatic carbocycles. The molecule has 6 heteroatoms. The molecule has 4 nitrogen and oxygen atoms in total. The molecule has 2 heterocycles. The first-order valence-electron chi connectivity index (χ1n) is 5.86. The zero-order valence-electron chi connectivity index (χ0n) is 10.3. The Morgan fingerprint density at radius 3 is 2.50 bits per heavy atom. The van der Waals surface area contributed by atoms with E-state index in [9.17, 15) is 4.39 Å². The van der Waals surface area contributed by atoms with Crippen molar-refractivity contribution in [3.63, 3.8) is 0 Å². The fourth-order valence-electron chi connectivity index (χ4n) is 1.83. The predicted octanol–water partition coefficient (Wildman–Crippen LogP) is 3.31. The molecule has 20 heavy (non-hydrogen) atoms. The van der Waals surface area contributed by atoms with E-state index in [0.29, 0.717) is 22.1 Å². The maximum absolute atomic E-state index is 12.9. The van der Waals surface area contributed by atoms with E-state index in [1.807, 2.05) is 12.1 Å². The highest BCUT2D eigenvalue weighted by Crippen LogP contribution is 2.24. The second kappa shape index (κ2) is 4.94. The van der Waals surface area contributed by atoms with Crippen molar-refractivity contribution in [1.29, 1.82) is 0 Å². The lowest BCUT2D eigenvalue weighted by Crippen LogP contribution is -1.95. The molecule has 3 aromatic rings. The largest absolute Gasteiger partial charge is 0.396 e. The van der Waals surface area contributed by atoms with Gasteiger partial charge in [0.25, 0.3) is 0 Å². The number of hydrogen-bond acceptors (Lipinski definition) is 3. The number of hydrogen-bond donors (Lipinski definition) is 1. The summed E-state index contributed by atoms with van der Waals surface area (Å²) in [5.41, 5.74) is 8.27. The number of halogens is 2. The maximum Gasteiger partial charge on any atom is 0.141 e. The second-order valence-electron chi connectivity index (χ2n) is 4.22. The summed E-state index contributed by atoms with van der Waals surface area (Å²) in [5.74, 6) is -0.399. The minimum atomic E-state index is -0.399. The van der Waals surface area contributed by atoms with Crippen LogP contribution in [-0.2, 0) is 0 Å². The van der Waals surface area contributed by atoms with Crippen LogP contribution in [0.2, 0.25) is 5.02 Å². The summed E-state index contributed by atoms with van der Waals surface area (Å²) in [7, 11) is 0. The molecule has 0 unspecified atom stereocenters. The molecule has 0 aliphatic rings. The van der Waals surface area contributed by atoms with Crippen LogP contribution < -0.4 is 5.73 Å². The van der Waals surface area contributed by atoms with Gasteiger partial charge in [0.05, 0.1) is 29.5 Å². The lowest BCUT2D eigenvalue weighted by molar-refractivity contribution is 0.621. The van der Waals surface area contributed by atoms with Gasteiger partial charge in [-0.05, 0) is 36.4 Å². The summed E-state index contributed by atoms with van der Waals surface area (Å²) in [6.07, 6.45) is 2.82. The van der Waals surface area contributed by atoms with Gasteiger partial charge in [-0.3, -0.25) is 4.98 Å². The van der Waals surface area contributed by atoms with E-state index in [1.165, 1.54) is 6.07 Å². The Bertz CT molecular complexity index is 735. The molecule has 1 aromatic carbocycles. The summed E-state index contributed by atoms with van der Waals surface area (Å²) in [6, 6.07) is 10.1. The van der Waals surface area contributed by atoms with E-state index < -0.39 is 5.82 Å². The molecule has 0 fully saturated rings. The number of aromatic nitrogens is 3. The third kappa shape index (κ3) is 2.35. The highest BCUT2D eigenvalue weighted by Gasteiger charge is 2.11. The molecule has 0 amide bonds. The first-order chi connectivity index (χ1) is 9.63. The number of nitrogens with zero attached hydrogens (tertiary/aromatic N) is 3. The van der Waals surface area contributed by atoms with Crippen molar-refractivity contribution in [1.82, 2.24) is 14.8 Å². The van der Waals surface area contributed by atoms with E-state index in [4.69, 9.17) is 17.3 Å². The van der Waals surface area contributed by atoms with Gasteiger partial charge >= 0.3 is 0 Å². The molecule has 2 aromatic heterocycles. The van der Waals surface area contributed by atoms with Gasteiger partial charge in [-0.25, -0.2) is 9.07 Å². The van der Waals surface area contributed by atoms with Gasteiger partial charge in [0, 0.05) is 5.02 Å². The van der Waals surface area contributed by atoms with E-state index in [2.05, 4.69) is 10.1 Å². The topological polar surface area (TPSA) is 56.7 Å². The van der Waals surface area contributed by atoms with Gasteiger partial charge in [-0.1, -0.05) is 11.6 Å². The van der Waals surface area contributed by atoms with Crippen LogP contribution in [-0.4, -0.2) is 14.8 Å². The van der Waals surface area contributed by atoms with Crippen LogP contribution in [0.25, 0.3) is 17.1 Å². The van der Waals surface area contributed by atoms with Crippen LogP contribution in [0.3, 0.4) is 0 Å². The van der Waals surface area contributed by atoms with Gasteiger partial charge in [0.2, 0.25) is 0 Å². The average Bonchev–Trinajstić information content (AvgIpc) is 2.82. The van der Waals surface area contributed by atoms with E-state index >= 15 is 0 Å². The van der Waals surface area contributed by atoms with Crippen LogP contribution in [0.15, 0.2) is 48.8 Å². The molecule has 0 atom stereocenters. The standard InChI is InChI=1S/C14H10ClFN4/c15-9-1-4-11(5-2-9)20-8-12(17)14(19-20)13-6-3-10(16)7-18-13/h1-8H,17H2. The molecule has 0 spiro atoms. The number of pyridine rings is 1. The smallest absolute Gasteiger partial charge is 0.141 e. The number of rotatable bonds is 2. The molecule has 100 valence electrons. The predicted molar refractivity (Wildman–Crippen MR) is 76.2 cm³/mol. The van der Waals surface area contributed by atoms with Crippen LogP contribution >= 0.6 is 11.6 Å². The quantitative estimate of drug-likeness (QED) is 0.787. The molecule has 0 radical (unpaired) electrons. The van der Waals surface area contributed by atoms with Crippen molar-refractivity contribution in [2.24, 2.45) is 0 Å². The minimum Gasteiger partial charge on any atom is -0.396 e. The summed E-state index contributed by atoms with van der Waals surface area (Å²) in [6.45, 7) is 0. The molecule has 0 bridgehead atoms. The van der Waals surface area contributed by atoms with Crippen molar-refractivity contribution in [3.05, 3.63) is 59.6 Å². The van der Waals surface area contributed by atoms with Crippen molar-refractivity contribution in [2.75, 3.05) is 5.73 Å². The Balaban J connectivity index is 2.02. The van der Waals surface area contributed by atoms with Crippen LogP contribution in [0, 0.1) is 5.82 Å². The van der Waals surface area contributed by atoms with Crippen LogP contribution in [0.5, 0.6) is 0 Å². The fourth-order valence-corrected chi connectivity index (χ4v) is 1.95. The summed E-state index contributed by atoms with van der Waals surface area (Å²) >= 11 is 5.85. The Morgan fingerprint density at radius 1 is 1.10 bits per heavy atom. The molecule has 0 saturated carbocycles. The van der Waals surface area contributed by atoms with Gasteiger partial charge < -0.3 is 5.73 Å². The Morgan fingerprint density at radius 2 is 1.85 bits per heavy atom. The highest BCUT2D eigenvalue weighted by atomic mass is 35.5. The average molecular weight is 289 g/mol. The zero-order valence-corrected chi connectivity index (χ0v) is 11.0. The van der Waals surface area contributed by atoms with Gasteiger partial charge in [0.15, 0.2) is 0 Å². The molecular formula is C14H10ClFN4. The molecule has 2 N–H and O–H groups in total. The van der Waals surface area contributed by atoms with Crippen LogP contribution in [0.4, 0.5) is 10.1 Å². The zero-order chi connectivity index (χ0) is 14.1. The van der Waals surface area contributed by atoms with Crippen molar-refractivity contribution >= 4 is 17.3 Å². The number of anilines is 1. The monoisotopic (exact) mass is 288 g/mol. The van der Waals surface area contributed by atoms with Crippen molar-refractivity contribution in [2.45, 2.75) is 0 Å². The fraction of sp³-hybridized carbons (Fsp3) is 0. The Labute approximate surface area is 119 Å². The first-order valence-corrected chi connectivity index (χ1v) is 6.24. The molecule has 0 saturated heterocycles. The lowest BCUT2D eigenvalue weighted by Gasteiger charge is -2.00.